The smallest absolute Gasteiger partial charge is 0.200 e. The normalized spacial score (nSPS) is 20.0. The van der Waals surface area contributed by atoms with E-state index in [0.717, 1.165) is 24.3 Å². The van der Waals surface area contributed by atoms with Crippen molar-refractivity contribution in [3.8, 4) is 11.5 Å². The molecule has 2 aromatic rings. The van der Waals surface area contributed by atoms with Crippen LogP contribution in [-0.4, -0.2) is 19.5 Å². The molecule has 0 aliphatic carbocycles. The average molecular weight is 298 g/mol. The standard InChI is InChI=1S/C19H22O3/c1-2-20-19-14-15(17-10-6-7-11-18(17)22-19)12-13-21-16-8-4-3-5-9-16/h3-11,15,19H,2,12-14H2,1H3/t15-,19-/m1/s1. The van der Waals surface area contributed by atoms with Gasteiger partial charge in [0.2, 0.25) is 0 Å². The molecule has 0 unspecified atom stereocenters. The average Bonchev–Trinajstić information content (AvgIpc) is 2.56. The van der Waals surface area contributed by atoms with Gasteiger partial charge in [0.15, 0.2) is 6.29 Å². The van der Waals surface area contributed by atoms with Gasteiger partial charge in [0, 0.05) is 13.0 Å². The zero-order valence-corrected chi connectivity index (χ0v) is 12.9. The molecule has 1 heterocycles. The summed E-state index contributed by atoms with van der Waals surface area (Å²) >= 11 is 0. The van der Waals surface area contributed by atoms with Gasteiger partial charge >= 0.3 is 0 Å². The molecular formula is C19H22O3. The first-order chi connectivity index (χ1) is 10.9. The second-order valence-electron chi connectivity index (χ2n) is 5.42. The van der Waals surface area contributed by atoms with Gasteiger partial charge in [-0.3, -0.25) is 0 Å². The minimum absolute atomic E-state index is 0.151. The lowest BCUT2D eigenvalue weighted by Crippen LogP contribution is -2.29. The lowest BCUT2D eigenvalue weighted by atomic mass is 9.90. The maximum Gasteiger partial charge on any atom is 0.200 e. The molecule has 3 nitrogen and oxygen atoms in total. The van der Waals surface area contributed by atoms with E-state index >= 15 is 0 Å². The number of rotatable bonds is 6. The van der Waals surface area contributed by atoms with Gasteiger partial charge in [-0.25, -0.2) is 0 Å². The van der Waals surface area contributed by atoms with E-state index in [4.69, 9.17) is 14.2 Å². The van der Waals surface area contributed by atoms with Crippen molar-refractivity contribution < 1.29 is 14.2 Å². The highest BCUT2D eigenvalue weighted by Gasteiger charge is 2.28. The zero-order valence-electron chi connectivity index (χ0n) is 12.9. The van der Waals surface area contributed by atoms with Crippen LogP contribution in [0.15, 0.2) is 54.6 Å². The highest BCUT2D eigenvalue weighted by molar-refractivity contribution is 5.38. The van der Waals surface area contributed by atoms with Crippen LogP contribution in [0.3, 0.4) is 0 Å². The highest BCUT2D eigenvalue weighted by atomic mass is 16.7. The summed E-state index contributed by atoms with van der Waals surface area (Å²) in [6.07, 6.45) is 1.68. The van der Waals surface area contributed by atoms with Gasteiger partial charge in [-0.05, 0) is 43.0 Å². The third-order valence-electron chi connectivity index (χ3n) is 3.93. The number of ether oxygens (including phenoxy) is 3. The number of hydrogen-bond acceptors (Lipinski definition) is 3. The first kappa shape index (κ1) is 14.9. The minimum Gasteiger partial charge on any atom is -0.494 e. The summed E-state index contributed by atoms with van der Waals surface area (Å²) < 4.78 is 17.4. The topological polar surface area (TPSA) is 27.7 Å². The molecule has 0 amide bonds. The van der Waals surface area contributed by atoms with Crippen molar-refractivity contribution in [1.82, 2.24) is 0 Å². The van der Waals surface area contributed by atoms with Crippen molar-refractivity contribution in [3.63, 3.8) is 0 Å². The second-order valence-corrected chi connectivity index (χ2v) is 5.42. The molecule has 0 bridgehead atoms. The third-order valence-corrected chi connectivity index (χ3v) is 3.93. The van der Waals surface area contributed by atoms with E-state index in [1.807, 2.05) is 49.4 Å². The van der Waals surface area contributed by atoms with E-state index in [1.165, 1.54) is 5.56 Å². The fraction of sp³-hybridized carbons (Fsp3) is 0.368. The van der Waals surface area contributed by atoms with Gasteiger partial charge in [-0.15, -0.1) is 0 Å². The lowest BCUT2D eigenvalue weighted by Gasteiger charge is -2.31. The molecule has 2 aromatic carbocycles. The summed E-state index contributed by atoms with van der Waals surface area (Å²) in [6.45, 7) is 3.36. The van der Waals surface area contributed by atoms with Gasteiger partial charge in [0.1, 0.15) is 11.5 Å². The molecule has 0 radical (unpaired) electrons. The Morgan fingerprint density at radius 3 is 2.64 bits per heavy atom. The van der Waals surface area contributed by atoms with E-state index in [1.54, 1.807) is 0 Å². The molecule has 0 aromatic heterocycles. The van der Waals surface area contributed by atoms with Crippen LogP contribution in [0.25, 0.3) is 0 Å². The maximum atomic E-state index is 5.90. The zero-order chi connectivity index (χ0) is 15.2. The van der Waals surface area contributed by atoms with Crippen molar-refractivity contribution >= 4 is 0 Å². The Hall–Kier alpha value is -2.00. The van der Waals surface area contributed by atoms with E-state index in [9.17, 15) is 0 Å². The molecule has 0 saturated heterocycles. The highest BCUT2D eigenvalue weighted by Crippen LogP contribution is 2.38. The number of hydrogen-bond donors (Lipinski definition) is 0. The number of fused-ring (bicyclic) bond motifs is 1. The molecule has 0 N–H and O–H groups in total. The summed E-state index contributed by atoms with van der Waals surface area (Å²) in [5.74, 6) is 2.27. The maximum absolute atomic E-state index is 5.90. The van der Waals surface area contributed by atoms with Crippen LogP contribution in [0.1, 0.15) is 31.2 Å². The molecule has 3 rings (SSSR count). The van der Waals surface area contributed by atoms with Gasteiger partial charge in [0.05, 0.1) is 6.61 Å². The molecule has 0 saturated carbocycles. The predicted molar refractivity (Wildman–Crippen MR) is 86.4 cm³/mol. The van der Waals surface area contributed by atoms with Gasteiger partial charge in [0.25, 0.3) is 0 Å². The molecule has 3 heteroatoms. The van der Waals surface area contributed by atoms with E-state index < -0.39 is 0 Å². The molecule has 22 heavy (non-hydrogen) atoms. The summed E-state index contributed by atoms with van der Waals surface area (Å²) in [6, 6.07) is 18.2. The van der Waals surface area contributed by atoms with Gasteiger partial charge < -0.3 is 14.2 Å². The predicted octanol–water partition coefficient (Wildman–Crippen LogP) is 4.38. The molecule has 0 fully saturated rings. The first-order valence-electron chi connectivity index (χ1n) is 7.92. The Balaban J connectivity index is 1.64. The molecule has 0 spiro atoms. The molecule has 2 atom stereocenters. The SMILES string of the molecule is CCO[C@H]1C[C@@H](CCOc2ccccc2)c2ccccc2O1. The fourth-order valence-corrected chi connectivity index (χ4v) is 2.87. The Morgan fingerprint density at radius 1 is 1.05 bits per heavy atom. The summed E-state index contributed by atoms with van der Waals surface area (Å²) in [5, 5.41) is 0. The van der Waals surface area contributed by atoms with Crippen molar-refractivity contribution in [3.05, 3.63) is 60.2 Å². The van der Waals surface area contributed by atoms with Crippen LogP contribution < -0.4 is 9.47 Å². The molecular weight excluding hydrogens is 276 g/mol. The van der Waals surface area contributed by atoms with Crippen LogP contribution in [0, 0.1) is 0 Å². The van der Waals surface area contributed by atoms with Gasteiger partial charge in [-0.1, -0.05) is 36.4 Å². The van der Waals surface area contributed by atoms with Crippen LogP contribution in [0.4, 0.5) is 0 Å². The quantitative estimate of drug-likeness (QED) is 0.792. The van der Waals surface area contributed by atoms with Crippen LogP contribution >= 0.6 is 0 Å². The monoisotopic (exact) mass is 298 g/mol. The minimum atomic E-state index is -0.151. The Bertz CT molecular complexity index is 582. The number of para-hydroxylation sites is 2. The van der Waals surface area contributed by atoms with Crippen LogP contribution in [-0.2, 0) is 4.74 Å². The fourth-order valence-electron chi connectivity index (χ4n) is 2.87. The van der Waals surface area contributed by atoms with E-state index in [0.29, 0.717) is 19.1 Å². The number of benzene rings is 2. The van der Waals surface area contributed by atoms with Crippen molar-refractivity contribution in [2.75, 3.05) is 13.2 Å². The molecule has 1 aliphatic rings. The van der Waals surface area contributed by atoms with Crippen molar-refractivity contribution in [2.45, 2.75) is 32.0 Å². The summed E-state index contributed by atoms with van der Waals surface area (Å²) in [7, 11) is 0. The third kappa shape index (κ3) is 3.60. The van der Waals surface area contributed by atoms with Crippen molar-refractivity contribution in [1.29, 1.82) is 0 Å². The van der Waals surface area contributed by atoms with E-state index in [2.05, 4.69) is 12.1 Å². The summed E-state index contributed by atoms with van der Waals surface area (Å²) in [5.41, 5.74) is 1.26. The largest absolute Gasteiger partial charge is 0.494 e. The first-order valence-corrected chi connectivity index (χ1v) is 7.92. The molecule has 1 aliphatic heterocycles. The lowest BCUT2D eigenvalue weighted by molar-refractivity contribution is -0.0925. The Labute approximate surface area is 131 Å². The Kier molecular flexibility index (Phi) is 4.96. The van der Waals surface area contributed by atoms with Crippen LogP contribution in [0.5, 0.6) is 11.5 Å². The Morgan fingerprint density at radius 2 is 1.82 bits per heavy atom. The summed E-state index contributed by atoms with van der Waals surface area (Å²) in [4.78, 5) is 0. The van der Waals surface area contributed by atoms with Crippen molar-refractivity contribution in [2.24, 2.45) is 0 Å². The molecule has 116 valence electrons. The van der Waals surface area contributed by atoms with Gasteiger partial charge in [-0.2, -0.15) is 0 Å². The van der Waals surface area contributed by atoms with Crippen LogP contribution in [0.2, 0.25) is 0 Å². The van der Waals surface area contributed by atoms with E-state index in [-0.39, 0.29) is 6.29 Å². The second kappa shape index (κ2) is 7.32.